The highest BCUT2D eigenvalue weighted by molar-refractivity contribution is 5.86. The van der Waals surface area contributed by atoms with E-state index in [1.807, 2.05) is 0 Å². The van der Waals surface area contributed by atoms with E-state index >= 15 is 0 Å². The van der Waals surface area contributed by atoms with Crippen LogP contribution >= 0.6 is 37.2 Å². The summed E-state index contributed by atoms with van der Waals surface area (Å²) in [5.41, 5.74) is 6.12. The molecule has 0 unspecified atom stereocenters. The minimum atomic E-state index is 0. The smallest absolute Gasteiger partial charge is 0.000949 e. The number of aryl methyl sites for hydroxylation is 2. The molecule has 0 aromatic heterocycles. The summed E-state index contributed by atoms with van der Waals surface area (Å²) < 4.78 is 0. The zero-order valence-electron chi connectivity index (χ0n) is 13.2. The molecule has 1 aromatic rings. The summed E-state index contributed by atoms with van der Waals surface area (Å²) in [4.78, 5) is 0. The molecule has 0 N–H and O–H groups in total. The van der Waals surface area contributed by atoms with Crippen LogP contribution in [-0.4, -0.2) is 0 Å². The third-order valence-corrected chi connectivity index (χ3v) is 5.02. The molecule has 1 fully saturated rings. The second kappa shape index (κ2) is 6.73. The van der Waals surface area contributed by atoms with Crippen molar-refractivity contribution in [3.8, 4) is 0 Å². The van der Waals surface area contributed by atoms with Gasteiger partial charge in [-0.25, -0.2) is 0 Å². The second-order valence-electron chi connectivity index (χ2n) is 6.56. The third kappa shape index (κ3) is 3.03. The molecule has 2 rings (SSSR count). The molecular weight excluding hydrogens is 311 g/mol. The normalized spacial score (nSPS) is 25.6. The molecule has 0 aliphatic heterocycles. The molecule has 0 spiro atoms. The van der Waals surface area contributed by atoms with Crippen LogP contribution in [0.3, 0.4) is 0 Å². The van der Waals surface area contributed by atoms with E-state index in [0.29, 0.717) is 11.3 Å². The molecule has 0 nitrogen and oxygen atoms in total. The van der Waals surface area contributed by atoms with E-state index in [4.69, 9.17) is 0 Å². The highest BCUT2D eigenvalue weighted by atomic mass is 35.5. The van der Waals surface area contributed by atoms with Crippen molar-refractivity contribution in [2.24, 2.45) is 10.8 Å². The van der Waals surface area contributed by atoms with E-state index in [1.165, 1.54) is 22.3 Å². The number of benzene rings is 1. The SMILES string of the molecule is C=C(C)[C@@]1(C)[C@H](c2cc(C)cc(C)c2)C1(C)C.Cl.Cl.Cl.[HH]. The molecule has 3 heteroatoms. The van der Waals surface area contributed by atoms with Crippen molar-refractivity contribution < 1.29 is 1.43 Å². The van der Waals surface area contributed by atoms with Gasteiger partial charge in [-0.05, 0) is 37.7 Å². The lowest BCUT2D eigenvalue weighted by atomic mass is 9.91. The van der Waals surface area contributed by atoms with Crippen LogP contribution in [0.5, 0.6) is 0 Å². The molecule has 1 saturated carbocycles. The van der Waals surface area contributed by atoms with Crippen LogP contribution in [0.15, 0.2) is 30.4 Å². The van der Waals surface area contributed by atoms with E-state index in [2.05, 4.69) is 66.3 Å². The fourth-order valence-corrected chi connectivity index (χ4v) is 3.70. The number of allylic oxidation sites excluding steroid dienone is 1. The summed E-state index contributed by atoms with van der Waals surface area (Å²) in [6.07, 6.45) is 0. The van der Waals surface area contributed by atoms with Crippen LogP contribution in [-0.2, 0) is 0 Å². The fourth-order valence-electron chi connectivity index (χ4n) is 3.70. The molecule has 0 radical (unpaired) electrons. The fraction of sp³-hybridized carbons (Fsp3) is 0.529. The van der Waals surface area contributed by atoms with Gasteiger partial charge in [0.15, 0.2) is 0 Å². The molecule has 1 aliphatic carbocycles. The molecular formula is C17H29Cl3. The summed E-state index contributed by atoms with van der Waals surface area (Å²) >= 11 is 0. The minimum Gasteiger partial charge on any atom is -0.147 e. The van der Waals surface area contributed by atoms with E-state index < -0.39 is 0 Å². The molecule has 2 atom stereocenters. The summed E-state index contributed by atoms with van der Waals surface area (Å²) in [6, 6.07) is 6.93. The van der Waals surface area contributed by atoms with E-state index in [-0.39, 0.29) is 44.1 Å². The van der Waals surface area contributed by atoms with Gasteiger partial charge in [-0.2, -0.15) is 0 Å². The molecule has 1 aromatic carbocycles. The van der Waals surface area contributed by atoms with Crippen molar-refractivity contribution in [3.63, 3.8) is 0 Å². The van der Waals surface area contributed by atoms with Crippen LogP contribution in [0.2, 0.25) is 0 Å². The maximum Gasteiger partial charge on any atom is 0.000949 e. The van der Waals surface area contributed by atoms with Gasteiger partial charge < -0.3 is 0 Å². The molecule has 0 saturated heterocycles. The highest BCUT2D eigenvalue weighted by Gasteiger charge is 2.68. The molecule has 0 amide bonds. The molecule has 118 valence electrons. The summed E-state index contributed by atoms with van der Waals surface area (Å²) in [6.45, 7) is 17.8. The van der Waals surface area contributed by atoms with Gasteiger partial charge in [0.25, 0.3) is 0 Å². The summed E-state index contributed by atoms with van der Waals surface area (Å²) in [7, 11) is 0. The minimum absolute atomic E-state index is 0. The maximum atomic E-state index is 4.21. The molecule has 1 aliphatic rings. The first-order valence-corrected chi connectivity index (χ1v) is 6.45. The van der Waals surface area contributed by atoms with E-state index in [9.17, 15) is 0 Å². The Balaban J connectivity index is -0.000000810. The van der Waals surface area contributed by atoms with Crippen LogP contribution < -0.4 is 0 Å². The van der Waals surface area contributed by atoms with Gasteiger partial charge in [0, 0.05) is 6.84 Å². The van der Waals surface area contributed by atoms with Gasteiger partial charge in [0.1, 0.15) is 0 Å². The summed E-state index contributed by atoms with van der Waals surface area (Å²) in [5, 5.41) is 0. The van der Waals surface area contributed by atoms with Crippen molar-refractivity contribution >= 4 is 37.2 Å². The lowest BCUT2D eigenvalue weighted by molar-refractivity contribution is 0.481. The van der Waals surface area contributed by atoms with Crippen molar-refractivity contribution in [1.29, 1.82) is 0 Å². The lowest BCUT2D eigenvalue weighted by Gasteiger charge is -2.14. The standard InChI is InChI=1S/C17H24.3ClH.H2/c1-11(2)17(7)15(16(17,5)6)14-9-12(3)8-13(4)10-14;;;;/h8-10,15H,1H2,2-7H3;4*1H/t15-,17+;;;;/m1..../s1. The van der Waals surface area contributed by atoms with Gasteiger partial charge in [0.05, 0.1) is 0 Å². The van der Waals surface area contributed by atoms with Crippen molar-refractivity contribution in [2.45, 2.75) is 47.5 Å². The predicted molar refractivity (Wildman–Crippen MR) is 99.2 cm³/mol. The van der Waals surface area contributed by atoms with Crippen molar-refractivity contribution in [1.82, 2.24) is 0 Å². The van der Waals surface area contributed by atoms with Gasteiger partial charge in [-0.3, -0.25) is 0 Å². The Labute approximate surface area is 144 Å². The van der Waals surface area contributed by atoms with Gasteiger partial charge in [-0.15, -0.1) is 37.2 Å². The number of hydrogen-bond donors (Lipinski definition) is 0. The Bertz CT molecular complexity index is 477. The van der Waals surface area contributed by atoms with Crippen LogP contribution in [0.25, 0.3) is 0 Å². The summed E-state index contributed by atoms with van der Waals surface area (Å²) in [5.74, 6) is 0.617. The second-order valence-corrected chi connectivity index (χ2v) is 6.56. The Kier molecular flexibility index (Phi) is 7.44. The van der Waals surface area contributed by atoms with E-state index in [0.717, 1.165) is 0 Å². The zero-order chi connectivity index (χ0) is 13.0. The van der Waals surface area contributed by atoms with Crippen LogP contribution in [0.1, 0.15) is 51.7 Å². The predicted octanol–water partition coefficient (Wildman–Crippen LogP) is 6.52. The van der Waals surface area contributed by atoms with Crippen molar-refractivity contribution in [3.05, 3.63) is 47.0 Å². The van der Waals surface area contributed by atoms with Crippen molar-refractivity contribution in [2.75, 3.05) is 0 Å². The van der Waals surface area contributed by atoms with E-state index in [1.54, 1.807) is 0 Å². The molecule has 20 heavy (non-hydrogen) atoms. The Morgan fingerprint density at radius 3 is 1.70 bits per heavy atom. The van der Waals surface area contributed by atoms with Gasteiger partial charge in [0.2, 0.25) is 0 Å². The Hall–Kier alpha value is -0.170. The quantitative estimate of drug-likeness (QED) is 0.538. The van der Waals surface area contributed by atoms with Gasteiger partial charge in [-0.1, -0.05) is 62.2 Å². The zero-order valence-corrected chi connectivity index (χ0v) is 15.7. The average Bonchev–Trinajstić information content (AvgIpc) is 2.60. The largest absolute Gasteiger partial charge is 0.147 e. The number of halogens is 3. The highest BCUT2D eigenvalue weighted by Crippen LogP contribution is 2.76. The number of rotatable bonds is 2. The first kappa shape index (κ1) is 22.1. The average molecular weight is 340 g/mol. The maximum absolute atomic E-state index is 4.21. The first-order chi connectivity index (χ1) is 7.71. The van der Waals surface area contributed by atoms with Gasteiger partial charge >= 0.3 is 0 Å². The van der Waals surface area contributed by atoms with Crippen LogP contribution in [0.4, 0.5) is 0 Å². The van der Waals surface area contributed by atoms with Crippen LogP contribution in [0, 0.1) is 24.7 Å². The monoisotopic (exact) mass is 338 g/mol. The first-order valence-electron chi connectivity index (χ1n) is 6.45. The number of hydrogen-bond acceptors (Lipinski definition) is 0. The Morgan fingerprint density at radius 2 is 1.40 bits per heavy atom. The lowest BCUT2D eigenvalue weighted by Crippen LogP contribution is -2.04. The molecule has 0 bridgehead atoms. The topological polar surface area (TPSA) is 0 Å². The Morgan fingerprint density at radius 1 is 1.00 bits per heavy atom. The third-order valence-electron chi connectivity index (χ3n) is 5.02. The molecule has 0 heterocycles.